The van der Waals surface area contributed by atoms with Gasteiger partial charge >= 0.3 is 0 Å². The van der Waals surface area contributed by atoms with Crippen LogP contribution in [0.15, 0.2) is 65.8 Å². The fraction of sp³-hybridized carbons (Fsp3) is 0.0526. The number of nitrogens with one attached hydrogen (secondary N) is 1. The molecule has 126 valence electrons. The maximum absolute atomic E-state index is 11.8. The molecule has 0 heterocycles. The van der Waals surface area contributed by atoms with Crippen LogP contribution in [0.5, 0.6) is 11.5 Å². The second-order valence-corrected chi connectivity index (χ2v) is 5.70. The van der Waals surface area contributed by atoms with Crippen molar-refractivity contribution in [2.75, 3.05) is 6.61 Å². The molecule has 5 nitrogen and oxygen atoms in total. The summed E-state index contributed by atoms with van der Waals surface area (Å²) in [5, 5.41) is 16.2. The van der Waals surface area contributed by atoms with Crippen LogP contribution in [0.4, 0.5) is 0 Å². The van der Waals surface area contributed by atoms with Crippen LogP contribution in [0.25, 0.3) is 10.8 Å². The van der Waals surface area contributed by atoms with Gasteiger partial charge in [-0.3, -0.25) is 4.79 Å². The van der Waals surface area contributed by atoms with Gasteiger partial charge in [0.25, 0.3) is 5.91 Å². The Labute approximate surface area is 149 Å². The number of rotatable bonds is 5. The van der Waals surface area contributed by atoms with Crippen molar-refractivity contribution >= 4 is 34.5 Å². The molecule has 3 aromatic carbocycles. The molecule has 25 heavy (non-hydrogen) atoms. The molecule has 2 N–H and O–H groups in total. The Balaban J connectivity index is 1.63. The van der Waals surface area contributed by atoms with Crippen molar-refractivity contribution in [1.29, 1.82) is 0 Å². The SMILES string of the molecule is O=C(COc1cccc(Cl)c1)N/N=C/c1c(O)ccc2ccccc12. The molecule has 3 rings (SSSR count). The predicted octanol–water partition coefficient (Wildman–Crippen LogP) is 3.73. The van der Waals surface area contributed by atoms with Crippen LogP contribution >= 0.6 is 11.6 Å². The summed E-state index contributed by atoms with van der Waals surface area (Å²) in [6.45, 7) is -0.195. The van der Waals surface area contributed by atoms with Gasteiger partial charge < -0.3 is 9.84 Å². The number of carbonyl (C=O) groups is 1. The Hall–Kier alpha value is -3.05. The van der Waals surface area contributed by atoms with Crippen LogP contribution in [-0.2, 0) is 4.79 Å². The largest absolute Gasteiger partial charge is 0.507 e. The lowest BCUT2D eigenvalue weighted by atomic mass is 10.0. The molecule has 0 aliphatic rings. The van der Waals surface area contributed by atoms with Gasteiger partial charge in [0, 0.05) is 10.6 Å². The smallest absolute Gasteiger partial charge is 0.277 e. The molecular formula is C19H15ClN2O3. The van der Waals surface area contributed by atoms with E-state index in [2.05, 4.69) is 10.5 Å². The van der Waals surface area contributed by atoms with Gasteiger partial charge in [-0.05, 0) is 35.0 Å². The van der Waals surface area contributed by atoms with E-state index >= 15 is 0 Å². The fourth-order valence-electron chi connectivity index (χ4n) is 2.33. The third-order valence-electron chi connectivity index (χ3n) is 3.50. The lowest BCUT2D eigenvalue weighted by Gasteiger charge is -2.06. The summed E-state index contributed by atoms with van der Waals surface area (Å²) in [5.41, 5.74) is 2.91. The summed E-state index contributed by atoms with van der Waals surface area (Å²) in [6, 6.07) is 17.8. The van der Waals surface area contributed by atoms with Crippen molar-refractivity contribution in [2.24, 2.45) is 5.10 Å². The molecule has 0 atom stereocenters. The molecule has 0 aliphatic heterocycles. The molecule has 0 unspecified atom stereocenters. The number of amides is 1. The zero-order valence-corrected chi connectivity index (χ0v) is 13.9. The molecule has 0 spiro atoms. The first-order chi connectivity index (χ1) is 12.1. The lowest BCUT2D eigenvalue weighted by Crippen LogP contribution is -2.24. The minimum atomic E-state index is -0.420. The van der Waals surface area contributed by atoms with Crippen molar-refractivity contribution in [3.63, 3.8) is 0 Å². The number of carbonyl (C=O) groups excluding carboxylic acids is 1. The van der Waals surface area contributed by atoms with Gasteiger partial charge in [0.1, 0.15) is 11.5 Å². The lowest BCUT2D eigenvalue weighted by molar-refractivity contribution is -0.123. The van der Waals surface area contributed by atoms with E-state index < -0.39 is 5.91 Å². The predicted molar refractivity (Wildman–Crippen MR) is 98.3 cm³/mol. The summed E-state index contributed by atoms with van der Waals surface area (Å²) in [6.07, 6.45) is 1.41. The Morgan fingerprint density at radius 1 is 1.16 bits per heavy atom. The van der Waals surface area contributed by atoms with Gasteiger partial charge in [-0.25, -0.2) is 5.43 Å². The van der Waals surface area contributed by atoms with E-state index in [0.29, 0.717) is 16.3 Å². The summed E-state index contributed by atoms with van der Waals surface area (Å²) in [5.74, 6) is 0.168. The number of nitrogens with zero attached hydrogens (tertiary/aromatic N) is 1. The number of aromatic hydroxyl groups is 1. The van der Waals surface area contributed by atoms with E-state index in [1.54, 1.807) is 30.3 Å². The Kier molecular flexibility index (Phi) is 5.16. The van der Waals surface area contributed by atoms with Crippen LogP contribution in [0.2, 0.25) is 5.02 Å². The van der Waals surface area contributed by atoms with Crippen molar-refractivity contribution < 1.29 is 14.6 Å². The average molecular weight is 355 g/mol. The second kappa shape index (κ2) is 7.68. The maximum Gasteiger partial charge on any atom is 0.277 e. The molecule has 0 bridgehead atoms. The van der Waals surface area contributed by atoms with E-state index in [1.807, 2.05) is 30.3 Å². The van der Waals surface area contributed by atoms with E-state index in [-0.39, 0.29) is 12.4 Å². The summed E-state index contributed by atoms with van der Waals surface area (Å²) in [7, 11) is 0. The van der Waals surface area contributed by atoms with Crippen molar-refractivity contribution in [2.45, 2.75) is 0 Å². The van der Waals surface area contributed by atoms with Gasteiger partial charge in [-0.15, -0.1) is 0 Å². The van der Waals surface area contributed by atoms with E-state index in [1.165, 1.54) is 6.21 Å². The van der Waals surface area contributed by atoms with Gasteiger partial charge in [0.15, 0.2) is 6.61 Å². The molecule has 3 aromatic rings. The topological polar surface area (TPSA) is 70.9 Å². The second-order valence-electron chi connectivity index (χ2n) is 5.26. The van der Waals surface area contributed by atoms with Crippen molar-refractivity contribution in [3.8, 4) is 11.5 Å². The monoisotopic (exact) mass is 354 g/mol. The van der Waals surface area contributed by atoms with Gasteiger partial charge in [0.2, 0.25) is 0 Å². The van der Waals surface area contributed by atoms with Crippen LogP contribution in [0, 0.1) is 0 Å². The minimum Gasteiger partial charge on any atom is -0.507 e. The quantitative estimate of drug-likeness (QED) is 0.541. The molecule has 0 fully saturated rings. The first-order valence-electron chi connectivity index (χ1n) is 7.54. The van der Waals surface area contributed by atoms with Crippen molar-refractivity contribution in [1.82, 2.24) is 5.43 Å². The number of phenols is 1. The van der Waals surface area contributed by atoms with Gasteiger partial charge in [0.05, 0.1) is 6.21 Å². The zero-order valence-electron chi connectivity index (χ0n) is 13.1. The Morgan fingerprint density at radius 3 is 2.84 bits per heavy atom. The van der Waals surface area contributed by atoms with Crippen LogP contribution in [0.3, 0.4) is 0 Å². The molecule has 0 saturated heterocycles. The number of ether oxygens (including phenoxy) is 1. The minimum absolute atomic E-state index is 0.0897. The molecule has 0 radical (unpaired) electrons. The van der Waals surface area contributed by atoms with Crippen LogP contribution in [0.1, 0.15) is 5.56 Å². The van der Waals surface area contributed by atoms with E-state index in [9.17, 15) is 9.90 Å². The molecule has 6 heteroatoms. The van der Waals surface area contributed by atoms with Crippen molar-refractivity contribution in [3.05, 3.63) is 71.2 Å². The number of fused-ring (bicyclic) bond motifs is 1. The molecule has 0 aromatic heterocycles. The van der Waals surface area contributed by atoms with Crippen LogP contribution in [-0.4, -0.2) is 23.8 Å². The Morgan fingerprint density at radius 2 is 2.00 bits per heavy atom. The van der Waals surface area contributed by atoms with E-state index in [4.69, 9.17) is 16.3 Å². The third-order valence-corrected chi connectivity index (χ3v) is 3.73. The maximum atomic E-state index is 11.8. The number of hydrogen-bond donors (Lipinski definition) is 2. The highest BCUT2D eigenvalue weighted by Gasteiger charge is 2.05. The first-order valence-corrected chi connectivity index (χ1v) is 7.92. The summed E-state index contributed by atoms with van der Waals surface area (Å²) >= 11 is 5.85. The molecule has 0 saturated carbocycles. The molecular weight excluding hydrogens is 340 g/mol. The van der Waals surface area contributed by atoms with E-state index in [0.717, 1.165) is 10.8 Å². The number of benzene rings is 3. The standard InChI is InChI=1S/C19H15ClN2O3/c20-14-5-3-6-15(10-14)25-12-19(24)22-21-11-17-16-7-2-1-4-13(16)8-9-18(17)23/h1-11,23H,12H2,(H,22,24)/b21-11+. The number of hydrazone groups is 1. The molecule has 0 aliphatic carbocycles. The van der Waals surface area contributed by atoms with Gasteiger partial charge in [-0.2, -0.15) is 5.10 Å². The third kappa shape index (κ3) is 4.28. The highest BCUT2D eigenvalue weighted by Crippen LogP contribution is 2.25. The number of hydrogen-bond acceptors (Lipinski definition) is 4. The molecule has 1 amide bonds. The highest BCUT2D eigenvalue weighted by molar-refractivity contribution is 6.30. The average Bonchev–Trinajstić information content (AvgIpc) is 2.62. The fourth-order valence-corrected chi connectivity index (χ4v) is 2.51. The normalized spacial score (nSPS) is 10.9. The number of phenolic OH excluding ortho intramolecular Hbond substituents is 1. The number of halogens is 1. The van der Waals surface area contributed by atoms with Gasteiger partial charge in [-0.1, -0.05) is 48.0 Å². The zero-order chi connectivity index (χ0) is 17.6. The Bertz CT molecular complexity index is 941. The summed E-state index contributed by atoms with van der Waals surface area (Å²) < 4.78 is 5.33. The van der Waals surface area contributed by atoms with Crippen LogP contribution < -0.4 is 10.2 Å². The summed E-state index contributed by atoms with van der Waals surface area (Å²) in [4.78, 5) is 11.8. The highest BCUT2D eigenvalue weighted by atomic mass is 35.5. The first kappa shape index (κ1) is 16.8.